The van der Waals surface area contributed by atoms with Gasteiger partial charge in [0.25, 0.3) is 0 Å². The molecule has 0 radical (unpaired) electrons. The second-order valence-electron chi connectivity index (χ2n) is 4.26. The molecular weight excluding hydrogens is 202 g/mol. The van der Waals surface area contributed by atoms with Gasteiger partial charge in [-0.05, 0) is 37.5 Å². The molecule has 0 spiro atoms. The highest BCUT2D eigenvalue weighted by Gasteiger charge is 2.15. The highest BCUT2D eigenvalue weighted by atomic mass is 16.5. The average molecular weight is 221 g/mol. The quantitative estimate of drug-likeness (QED) is 0.851. The molecule has 1 aliphatic rings. The van der Waals surface area contributed by atoms with Crippen LogP contribution < -0.4 is 10.1 Å². The molecule has 1 N–H and O–H groups in total. The fourth-order valence-electron chi connectivity index (χ4n) is 2.01. The van der Waals surface area contributed by atoms with Crippen molar-refractivity contribution in [3.63, 3.8) is 0 Å². The molecule has 1 aromatic carbocycles. The third-order valence-corrected chi connectivity index (χ3v) is 2.87. The van der Waals surface area contributed by atoms with Crippen LogP contribution >= 0.6 is 0 Å². The molecule has 16 heavy (non-hydrogen) atoms. The Bertz CT molecular complexity index is 346. The standard InChI is InChI=1S/C13H19NO2/c1-10-5-6-13(15-2)12(8-10)14-11-4-3-7-16-9-11/h5-6,8,11,14H,3-4,7,9H2,1-2H3. The van der Waals surface area contributed by atoms with E-state index in [4.69, 9.17) is 9.47 Å². The maximum absolute atomic E-state index is 5.45. The molecule has 1 heterocycles. The van der Waals surface area contributed by atoms with Crippen LogP contribution in [0.1, 0.15) is 18.4 Å². The predicted octanol–water partition coefficient (Wildman–Crippen LogP) is 2.59. The number of methoxy groups -OCH3 is 1. The summed E-state index contributed by atoms with van der Waals surface area (Å²) in [6.07, 6.45) is 2.29. The van der Waals surface area contributed by atoms with Gasteiger partial charge < -0.3 is 14.8 Å². The van der Waals surface area contributed by atoms with E-state index in [1.165, 1.54) is 5.56 Å². The minimum Gasteiger partial charge on any atom is -0.495 e. The van der Waals surface area contributed by atoms with E-state index < -0.39 is 0 Å². The third kappa shape index (κ3) is 2.67. The number of hydrogen-bond donors (Lipinski definition) is 1. The zero-order chi connectivity index (χ0) is 11.4. The Morgan fingerprint density at radius 2 is 2.31 bits per heavy atom. The fourth-order valence-corrected chi connectivity index (χ4v) is 2.01. The first-order valence-electron chi connectivity index (χ1n) is 5.78. The number of aryl methyl sites for hydroxylation is 1. The van der Waals surface area contributed by atoms with E-state index in [1.807, 2.05) is 6.07 Å². The predicted molar refractivity (Wildman–Crippen MR) is 65.2 cm³/mol. The molecular formula is C13H19NO2. The zero-order valence-electron chi connectivity index (χ0n) is 9.95. The van der Waals surface area contributed by atoms with E-state index >= 15 is 0 Å². The molecule has 3 heteroatoms. The van der Waals surface area contributed by atoms with Crippen molar-refractivity contribution in [3.8, 4) is 5.75 Å². The molecule has 1 saturated heterocycles. The average Bonchev–Trinajstić information content (AvgIpc) is 2.31. The Kier molecular flexibility index (Phi) is 3.67. The number of nitrogens with one attached hydrogen (secondary N) is 1. The van der Waals surface area contributed by atoms with E-state index in [9.17, 15) is 0 Å². The minimum atomic E-state index is 0.407. The fraction of sp³-hybridized carbons (Fsp3) is 0.538. The SMILES string of the molecule is COc1ccc(C)cc1NC1CCCOC1. The van der Waals surface area contributed by atoms with Gasteiger partial charge in [0, 0.05) is 12.6 Å². The lowest BCUT2D eigenvalue weighted by Gasteiger charge is -2.25. The molecule has 2 rings (SSSR count). The van der Waals surface area contributed by atoms with Crippen molar-refractivity contribution < 1.29 is 9.47 Å². The summed E-state index contributed by atoms with van der Waals surface area (Å²) in [7, 11) is 1.70. The second kappa shape index (κ2) is 5.21. The Morgan fingerprint density at radius 3 is 3.00 bits per heavy atom. The van der Waals surface area contributed by atoms with Gasteiger partial charge in [0.15, 0.2) is 0 Å². The first-order valence-corrected chi connectivity index (χ1v) is 5.78. The number of benzene rings is 1. The van der Waals surface area contributed by atoms with Crippen LogP contribution in [0.15, 0.2) is 18.2 Å². The molecule has 1 aromatic rings. The highest BCUT2D eigenvalue weighted by molar-refractivity contribution is 5.58. The molecule has 1 fully saturated rings. The van der Waals surface area contributed by atoms with E-state index in [0.29, 0.717) is 6.04 Å². The van der Waals surface area contributed by atoms with Crippen molar-refractivity contribution in [2.75, 3.05) is 25.6 Å². The van der Waals surface area contributed by atoms with Crippen LogP contribution in [0, 0.1) is 6.92 Å². The molecule has 0 aromatic heterocycles. The summed E-state index contributed by atoms with van der Waals surface area (Å²) >= 11 is 0. The van der Waals surface area contributed by atoms with E-state index in [-0.39, 0.29) is 0 Å². The van der Waals surface area contributed by atoms with Gasteiger partial charge in [0.2, 0.25) is 0 Å². The van der Waals surface area contributed by atoms with E-state index in [1.54, 1.807) is 7.11 Å². The smallest absolute Gasteiger partial charge is 0.141 e. The third-order valence-electron chi connectivity index (χ3n) is 2.87. The molecule has 0 bridgehead atoms. The van der Waals surface area contributed by atoms with Gasteiger partial charge in [-0.25, -0.2) is 0 Å². The maximum Gasteiger partial charge on any atom is 0.141 e. The van der Waals surface area contributed by atoms with Gasteiger partial charge in [-0.1, -0.05) is 6.07 Å². The summed E-state index contributed by atoms with van der Waals surface area (Å²) in [6.45, 7) is 3.77. The van der Waals surface area contributed by atoms with Crippen molar-refractivity contribution in [1.82, 2.24) is 0 Å². The summed E-state index contributed by atoms with van der Waals surface area (Å²) in [5.74, 6) is 0.899. The van der Waals surface area contributed by atoms with Crippen LogP contribution in [-0.2, 0) is 4.74 Å². The van der Waals surface area contributed by atoms with E-state index in [0.717, 1.165) is 37.5 Å². The van der Waals surface area contributed by atoms with Crippen molar-refractivity contribution in [3.05, 3.63) is 23.8 Å². The first kappa shape index (κ1) is 11.3. The molecule has 0 amide bonds. The molecule has 3 nitrogen and oxygen atoms in total. The van der Waals surface area contributed by atoms with Gasteiger partial charge in [0.1, 0.15) is 5.75 Å². The lowest BCUT2D eigenvalue weighted by atomic mass is 10.1. The van der Waals surface area contributed by atoms with Crippen LogP contribution in [-0.4, -0.2) is 26.4 Å². The minimum absolute atomic E-state index is 0.407. The van der Waals surface area contributed by atoms with Crippen LogP contribution in [0.4, 0.5) is 5.69 Å². The molecule has 0 aliphatic carbocycles. The first-order chi connectivity index (χ1) is 7.79. The molecule has 1 aliphatic heterocycles. The van der Waals surface area contributed by atoms with Crippen molar-refractivity contribution in [2.45, 2.75) is 25.8 Å². The largest absolute Gasteiger partial charge is 0.495 e. The van der Waals surface area contributed by atoms with Gasteiger partial charge in [0.05, 0.1) is 19.4 Å². The van der Waals surface area contributed by atoms with Crippen molar-refractivity contribution in [1.29, 1.82) is 0 Å². The summed E-state index contributed by atoms with van der Waals surface area (Å²) < 4.78 is 10.8. The van der Waals surface area contributed by atoms with Crippen molar-refractivity contribution in [2.24, 2.45) is 0 Å². The molecule has 1 unspecified atom stereocenters. The molecule has 88 valence electrons. The van der Waals surface area contributed by atoms with Gasteiger partial charge in [-0.3, -0.25) is 0 Å². The Hall–Kier alpha value is -1.22. The van der Waals surface area contributed by atoms with Gasteiger partial charge in [-0.15, -0.1) is 0 Å². The lowest BCUT2D eigenvalue weighted by Crippen LogP contribution is -2.30. The van der Waals surface area contributed by atoms with Gasteiger partial charge >= 0.3 is 0 Å². The number of hydrogen-bond acceptors (Lipinski definition) is 3. The normalized spacial score (nSPS) is 20.5. The number of anilines is 1. The van der Waals surface area contributed by atoms with Crippen LogP contribution in [0.25, 0.3) is 0 Å². The van der Waals surface area contributed by atoms with Crippen molar-refractivity contribution >= 4 is 5.69 Å². The Morgan fingerprint density at radius 1 is 1.44 bits per heavy atom. The Balaban J connectivity index is 2.09. The summed E-state index contributed by atoms with van der Waals surface area (Å²) in [5.41, 5.74) is 2.30. The maximum atomic E-state index is 5.45. The lowest BCUT2D eigenvalue weighted by molar-refractivity contribution is 0.0875. The Labute approximate surface area is 96.8 Å². The topological polar surface area (TPSA) is 30.5 Å². The highest BCUT2D eigenvalue weighted by Crippen LogP contribution is 2.27. The molecule has 0 saturated carbocycles. The summed E-state index contributed by atoms with van der Waals surface area (Å²) in [5, 5.41) is 3.49. The second-order valence-corrected chi connectivity index (χ2v) is 4.26. The zero-order valence-corrected chi connectivity index (χ0v) is 9.95. The number of rotatable bonds is 3. The number of ether oxygens (including phenoxy) is 2. The van der Waals surface area contributed by atoms with Crippen LogP contribution in [0.2, 0.25) is 0 Å². The summed E-state index contributed by atoms with van der Waals surface area (Å²) in [6, 6.07) is 6.58. The molecule has 1 atom stereocenters. The summed E-state index contributed by atoms with van der Waals surface area (Å²) in [4.78, 5) is 0. The van der Waals surface area contributed by atoms with Crippen LogP contribution in [0.5, 0.6) is 5.75 Å². The monoisotopic (exact) mass is 221 g/mol. The van der Waals surface area contributed by atoms with Gasteiger partial charge in [-0.2, -0.15) is 0 Å². The van der Waals surface area contributed by atoms with Crippen LogP contribution in [0.3, 0.4) is 0 Å². The van der Waals surface area contributed by atoms with E-state index in [2.05, 4.69) is 24.4 Å².